The lowest BCUT2D eigenvalue weighted by atomic mass is 10.1. The average molecular weight is 397 g/mol. The third-order valence-corrected chi connectivity index (χ3v) is 5.53. The van der Waals surface area contributed by atoms with Gasteiger partial charge in [-0.3, -0.25) is 4.79 Å². The highest BCUT2D eigenvalue weighted by molar-refractivity contribution is 7.16. The molecule has 3 aromatic rings. The third kappa shape index (κ3) is 4.17. The topological polar surface area (TPSA) is 52.8 Å². The summed E-state index contributed by atoms with van der Waals surface area (Å²) >= 11 is 1.53. The quantitative estimate of drug-likeness (QED) is 0.564. The van der Waals surface area contributed by atoms with Crippen LogP contribution in [0, 0.1) is 0 Å². The lowest BCUT2D eigenvalue weighted by Gasteiger charge is -2.08. The summed E-state index contributed by atoms with van der Waals surface area (Å²) < 4.78 is 13.7. The molecule has 0 aliphatic carbocycles. The van der Waals surface area contributed by atoms with Crippen LogP contribution in [0.3, 0.4) is 0 Å². The molecule has 0 aliphatic rings. The Bertz CT molecular complexity index is 1080. The molecule has 0 aliphatic heterocycles. The van der Waals surface area contributed by atoms with Crippen molar-refractivity contribution in [2.75, 3.05) is 14.2 Å². The van der Waals surface area contributed by atoms with Gasteiger partial charge in [0.2, 0.25) is 0 Å². The Morgan fingerprint density at radius 3 is 2.57 bits per heavy atom. The molecule has 0 unspecified atom stereocenters. The van der Waals surface area contributed by atoms with Gasteiger partial charge in [-0.05, 0) is 41.8 Å². The van der Waals surface area contributed by atoms with Crippen LogP contribution in [0.15, 0.2) is 54.0 Å². The van der Waals surface area contributed by atoms with Crippen molar-refractivity contribution in [2.24, 2.45) is 4.99 Å². The van der Waals surface area contributed by atoms with Gasteiger partial charge in [0.25, 0.3) is 5.91 Å². The fourth-order valence-corrected chi connectivity index (χ4v) is 4.16. The van der Waals surface area contributed by atoms with Gasteiger partial charge < -0.3 is 14.0 Å². The number of carbonyl (C=O) groups excluding carboxylic acids is 1. The molecule has 0 saturated heterocycles. The number of fused-ring (bicyclic) bond motifs is 1. The van der Waals surface area contributed by atoms with Crippen molar-refractivity contribution in [2.45, 2.75) is 26.3 Å². The number of allylic oxidation sites excluding steroid dienone is 1. The van der Waals surface area contributed by atoms with Crippen LogP contribution >= 0.6 is 11.3 Å². The largest absolute Gasteiger partial charge is 0.493 e. The monoisotopic (exact) mass is 396 g/mol. The average Bonchev–Trinajstić information content (AvgIpc) is 3.04. The Morgan fingerprint density at radius 1 is 1.14 bits per heavy atom. The standard InChI is InChI=1S/C22H24N2O3S/c1-5-11-24-17-9-7-15(6-2)13-20(17)28-22(24)23-21(25)14-16-8-10-18(26-3)19(12-16)27-4/h5,7-10,12-13H,1,6,11,14H2,2-4H3. The van der Waals surface area contributed by atoms with E-state index in [1.54, 1.807) is 20.3 Å². The molecule has 146 valence electrons. The van der Waals surface area contributed by atoms with Gasteiger partial charge in [-0.25, -0.2) is 0 Å². The molecule has 6 heteroatoms. The minimum atomic E-state index is -0.202. The Kier molecular flexibility index (Phi) is 6.31. The highest BCUT2D eigenvalue weighted by atomic mass is 32.1. The van der Waals surface area contributed by atoms with Crippen molar-refractivity contribution in [3.8, 4) is 11.5 Å². The number of amides is 1. The number of ether oxygens (including phenoxy) is 2. The Balaban J connectivity index is 1.95. The first-order valence-corrected chi connectivity index (χ1v) is 9.92. The molecule has 0 N–H and O–H groups in total. The lowest BCUT2D eigenvalue weighted by Crippen LogP contribution is -2.17. The van der Waals surface area contributed by atoms with Crippen LogP contribution in [0.2, 0.25) is 0 Å². The van der Waals surface area contributed by atoms with E-state index in [1.807, 2.05) is 22.8 Å². The van der Waals surface area contributed by atoms with Crippen molar-refractivity contribution >= 4 is 27.5 Å². The maximum atomic E-state index is 12.6. The van der Waals surface area contributed by atoms with E-state index in [2.05, 4.69) is 36.7 Å². The predicted octanol–water partition coefficient (Wildman–Crippen LogP) is 4.14. The SMILES string of the molecule is C=CCn1c(=NC(=O)Cc2ccc(OC)c(OC)c2)sc2cc(CC)ccc21. The molecule has 3 rings (SSSR count). The van der Waals surface area contributed by atoms with Crippen LogP contribution in [0.5, 0.6) is 11.5 Å². The molecule has 0 fully saturated rings. The predicted molar refractivity (Wildman–Crippen MR) is 113 cm³/mol. The second-order valence-corrected chi connectivity index (χ2v) is 7.32. The first-order valence-electron chi connectivity index (χ1n) is 9.11. The number of benzene rings is 2. The van der Waals surface area contributed by atoms with Gasteiger partial charge in [-0.1, -0.05) is 36.5 Å². The molecule has 1 amide bonds. The molecule has 0 radical (unpaired) electrons. The van der Waals surface area contributed by atoms with Gasteiger partial charge >= 0.3 is 0 Å². The van der Waals surface area contributed by atoms with Crippen molar-refractivity contribution < 1.29 is 14.3 Å². The summed E-state index contributed by atoms with van der Waals surface area (Å²) in [4.78, 5) is 17.7. The zero-order valence-electron chi connectivity index (χ0n) is 16.4. The van der Waals surface area contributed by atoms with Gasteiger partial charge in [0.15, 0.2) is 16.3 Å². The molecule has 0 atom stereocenters. The molecule has 5 nitrogen and oxygen atoms in total. The maximum absolute atomic E-state index is 12.6. The summed E-state index contributed by atoms with van der Waals surface area (Å²) in [5, 5.41) is 0. The van der Waals surface area contributed by atoms with Gasteiger partial charge in [0.1, 0.15) is 0 Å². The molecular formula is C22H24N2O3S. The number of aromatic nitrogens is 1. The number of rotatable bonds is 7. The minimum absolute atomic E-state index is 0.197. The van der Waals surface area contributed by atoms with E-state index in [0.29, 0.717) is 22.8 Å². The molecule has 0 saturated carbocycles. The second-order valence-electron chi connectivity index (χ2n) is 6.31. The second kappa shape index (κ2) is 8.89. The summed E-state index contributed by atoms with van der Waals surface area (Å²) in [5.74, 6) is 1.03. The minimum Gasteiger partial charge on any atom is -0.493 e. The number of hydrogen-bond donors (Lipinski definition) is 0. The van der Waals surface area contributed by atoms with Gasteiger partial charge in [0.05, 0.1) is 30.9 Å². The fourth-order valence-electron chi connectivity index (χ4n) is 3.04. The van der Waals surface area contributed by atoms with E-state index in [9.17, 15) is 4.79 Å². The summed E-state index contributed by atoms with van der Waals surface area (Å²) in [6.07, 6.45) is 2.99. The Labute approximate surface area is 168 Å². The van der Waals surface area contributed by atoms with Gasteiger partial charge in [-0.15, -0.1) is 6.58 Å². The third-order valence-electron chi connectivity index (χ3n) is 4.49. The number of hydrogen-bond acceptors (Lipinski definition) is 4. The molecule has 2 aromatic carbocycles. The van der Waals surface area contributed by atoms with Crippen molar-refractivity contribution in [3.05, 3.63) is 65.0 Å². The number of thiazole rings is 1. The van der Waals surface area contributed by atoms with Crippen molar-refractivity contribution in [1.82, 2.24) is 4.57 Å². The van der Waals surface area contributed by atoms with E-state index in [-0.39, 0.29) is 12.3 Å². The Morgan fingerprint density at radius 2 is 1.89 bits per heavy atom. The number of carbonyl (C=O) groups is 1. The van der Waals surface area contributed by atoms with E-state index in [4.69, 9.17) is 9.47 Å². The lowest BCUT2D eigenvalue weighted by molar-refractivity contribution is -0.117. The highest BCUT2D eigenvalue weighted by Gasteiger charge is 2.10. The zero-order valence-corrected chi connectivity index (χ0v) is 17.2. The first-order chi connectivity index (χ1) is 13.6. The molecular weight excluding hydrogens is 372 g/mol. The summed E-state index contributed by atoms with van der Waals surface area (Å²) in [5.41, 5.74) is 3.17. The molecule has 0 bridgehead atoms. The summed E-state index contributed by atoms with van der Waals surface area (Å²) in [7, 11) is 3.16. The van der Waals surface area contributed by atoms with Crippen LogP contribution < -0.4 is 14.3 Å². The smallest absolute Gasteiger partial charge is 0.252 e. The van der Waals surface area contributed by atoms with E-state index < -0.39 is 0 Å². The number of aryl methyl sites for hydroxylation is 1. The van der Waals surface area contributed by atoms with Crippen LogP contribution in [0.1, 0.15) is 18.1 Å². The van der Waals surface area contributed by atoms with Gasteiger partial charge in [-0.2, -0.15) is 4.99 Å². The van der Waals surface area contributed by atoms with Crippen molar-refractivity contribution in [1.29, 1.82) is 0 Å². The molecule has 0 spiro atoms. The van der Waals surface area contributed by atoms with E-state index in [1.165, 1.54) is 16.9 Å². The normalized spacial score (nSPS) is 11.6. The van der Waals surface area contributed by atoms with E-state index in [0.717, 1.165) is 22.2 Å². The van der Waals surface area contributed by atoms with E-state index >= 15 is 0 Å². The van der Waals surface area contributed by atoms with Gasteiger partial charge in [0, 0.05) is 6.54 Å². The fraction of sp³-hybridized carbons (Fsp3) is 0.273. The van der Waals surface area contributed by atoms with Crippen LogP contribution in [-0.4, -0.2) is 24.7 Å². The summed E-state index contributed by atoms with van der Waals surface area (Å²) in [6.45, 7) is 6.57. The van der Waals surface area contributed by atoms with Crippen LogP contribution in [-0.2, 0) is 24.2 Å². The van der Waals surface area contributed by atoms with Crippen LogP contribution in [0.25, 0.3) is 10.2 Å². The first kappa shape index (κ1) is 19.9. The maximum Gasteiger partial charge on any atom is 0.252 e. The number of nitrogens with zero attached hydrogens (tertiary/aromatic N) is 2. The van der Waals surface area contributed by atoms with Crippen LogP contribution in [0.4, 0.5) is 0 Å². The molecule has 1 heterocycles. The molecule has 1 aromatic heterocycles. The molecule has 28 heavy (non-hydrogen) atoms. The highest BCUT2D eigenvalue weighted by Crippen LogP contribution is 2.27. The number of methoxy groups -OCH3 is 2. The van der Waals surface area contributed by atoms with Crippen molar-refractivity contribution in [3.63, 3.8) is 0 Å². The zero-order chi connectivity index (χ0) is 20.1. The Hall–Kier alpha value is -2.86. The summed E-state index contributed by atoms with van der Waals surface area (Å²) in [6, 6.07) is 11.8.